The smallest absolute Gasteiger partial charge is 0.265 e. The van der Waals surface area contributed by atoms with Crippen LogP contribution in [0.5, 0.6) is 0 Å². The van der Waals surface area contributed by atoms with Crippen LogP contribution in [0.15, 0.2) is 42.5 Å². The van der Waals surface area contributed by atoms with Crippen LogP contribution in [0.1, 0.15) is 27.2 Å². The third-order valence-electron chi connectivity index (χ3n) is 4.58. The van der Waals surface area contributed by atoms with Gasteiger partial charge in [0, 0.05) is 17.0 Å². The first-order chi connectivity index (χ1) is 13.4. The number of halogens is 2. The zero-order valence-electron chi connectivity index (χ0n) is 14.9. The Bertz CT molecular complexity index is 1090. The normalized spacial score (nSPS) is 13.0. The number of fused-ring (bicyclic) bond motifs is 1. The summed E-state index contributed by atoms with van der Waals surface area (Å²) in [5.74, 6) is -1.50. The number of aryl methyl sites for hydroxylation is 2. The maximum Gasteiger partial charge on any atom is 0.265 e. The summed E-state index contributed by atoms with van der Waals surface area (Å²) < 4.78 is 27.5. The maximum absolute atomic E-state index is 14.4. The predicted octanol–water partition coefficient (Wildman–Crippen LogP) is 5.14. The standard InChI is InChI=1S/C21H16F2N2O2S/c1-11-8-18(28-20(11)12-2-5-14(22)6-3-12)21(27)25-17-9-13-4-7-19(26)24-16(13)10-15(17)23/h2-3,5-6,8-10H,4,7H2,1H3,(H,24,26)(H,25,27). The van der Waals surface area contributed by atoms with E-state index in [4.69, 9.17) is 0 Å². The van der Waals surface area contributed by atoms with Gasteiger partial charge in [-0.15, -0.1) is 11.3 Å². The van der Waals surface area contributed by atoms with Crippen molar-refractivity contribution in [3.05, 3.63) is 70.1 Å². The minimum atomic E-state index is -0.610. The second-order valence-corrected chi connectivity index (χ2v) is 7.67. The summed E-state index contributed by atoms with van der Waals surface area (Å²) in [6.45, 7) is 1.87. The summed E-state index contributed by atoms with van der Waals surface area (Å²) in [5, 5.41) is 5.24. The van der Waals surface area contributed by atoms with E-state index < -0.39 is 11.7 Å². The molecule has 1 aliphatic rings. The molecule has 28 heavy (non-hydrogen) atoms. The fraction of sp³-hybridized carbons (Fsp3) is 0.143. The first-order valence-electron chi connectivity index (χ1n) is 8.70. The topological polar surface area (TPSA) is 58.2 Å². The van der Waals surface area contributed by atoms with Crippen molar-refractivity contribution < 1.29 is 18.4 Å². The maximum atomic E-state index is 14.4. The van der Waals surface area contributed by atoms with E-state index in [9.17, 15) is 18.4 Å². The number of carbonyl (C=O) groups excluding carboxylic acids is 2. The Morgan fingerprint density at radius 2 is 1.86 bits per heavy atom. The van der Waals surface area contributed by atoms with Gasteiger partial charge in [-0.1, -0.05) is 12.1 Å². The second kappa shape index (κ2) is 7.16. The lowest BCUT2D eigenvalue weighted by Crippen LogP contribution is -2.20. The molecule has 0 unspecified atom stereocenters. The predicted molar refractivity (Wildman–Crippen MR) is 106 cm³/mol. The molecule has 142 valence electrons. The van der Waals surface area contributed by atoms with Crippen molar-refractivity contribution in [2.24, 2.45) is 0 Å². The van der Waals surface area contributed by atoms with Crippen LogP contribution in [0.4, 0.5) is 20.2 Å². The first kappa shape index (κ1) is 18.3. The van der Waals surface area contributed by atoms with Gasteiger partial charge in [-0.3, -0.25) is 9.59 Å². The molecule has 3 aromatic rings. The SMILES string of the molecule is Cc1cc(C(=O)Nc2cc3c(cc2F)NC(=O)CC3)sc1-c1ccc(F)cc1. The van der Waals surface area contributed by atoms with Crippen molar-refractivity contribution in [2.45, 2.75) is 19.8 Å². The van der Waals surface area contributed by atoms with Crippen LogP contribution in [0.2, 0.25) is 0 Å². The molecular weight excluding hydrogens is 382 g/mol. The average molecular weight is 398 g/mol. The van der Waals surface area contributed by atoms with Gasteiger partial charge in [0.05, 0.1) is 10.6 Å². The summed E-state index contributed by atoms with van der Waals surface area (Å²) in [4.78, 5) is 25.4. The van der Waals surface area contributed by atoms with Crippen molar-refractivity contribution in [1.82, 2.24) is 0 Å². The average Bonchev–Trinajstić information content (AvgIpc) is 3.05. The van der Waals surface area contributed by atoms with Gasteiger partial charge in [-0.25, -0.2) is 8.78 Å². The highest BCUT2D eigenvalue weighted by Gasteiger charge is 2.20. The van der Waals surface area contributed by atoms with Gasteiger partial charge >= 0.3 is 0 Å². The Kier molecular flexibility index (Phi) is 4.68. The van der Waals surface area contributed by atoms with E-state index in [2.05, 4.69) is 10.6 Å². The first-order valence-corrected chi connectivity index (χ1v) is 9.52. The summed E-state index contributed by atoms with van der Waals surface area (Å²) >= 11 is 1.27. The summed E-state index contributed by atoms with van der Waals surface area (Å²) in [5.41, 5.74) is 3.01. The van der Waals surface area contributed by atoms with Gasteiger partial charge in [0.15, 0.2) is 0 Å². The molecule has 2 amide bonds. The molecule has 1 aliphatic heterocycles. The molecule has 7 heteroatoms. The second-order valence-electron chi connectivity index (χ2n) is 6.62. The molecule has 0 saturated heterocycles. The van der Waals surface area contributed by atoms with Crippen LogP contribution < -0.4 is 10.6 Å². The molecule has 4 nitrogen and oxygen atoms in total. The lowest BCUT2D eigenvalue weighted by Gasteiger charge is -2.18. The zero-order valence-corrected chi connectivity index (χ0v) is 15.8. The number of benzene rings is 2. The quantitative estimate of drug-likeness (QED) is 0.642. The van der Waals surface area contributed by atoms with Crippen molar-refractivity contribution in [2.75, 3.05) is 10.6 Å². The Morgan fingerprint density at radius 3 is 2.61 bits per heavy atom. The Balaban J connectivity index is 1.58. The monoisotopic (exact) mass is 398 g/mol. The fourth-order valence-corrected chi connectivity index (χ4v) is 4.24. The summed E-state index contributed by atoms with van der Waals surface area (Å²) in [6.07, 6.45) is 0.828. The van der Waals surface area contributed by atoms with E-state index in [1.165, 1.54) is 29.5 Å². The molecule has 0 spiro atoms. The van der Waals surface area contributed by atoms with E-state index in [1.807, 2.05) is 6.92 Å². The summed E-state index contributed by atoms with van der Waals surface area (Å²) in [7, 11) is 0. The molecular formula is C21H16F2N2O2S. The van der Waals surface area contributed by atoms with Crippen LogP contribution in [-0.2, 0) is 11.2 Å². The molecule has 4 rings (SSSR count). The van der Waals surface area contributed by atoms with Crippen LogP contribution in [0.3, 0.4) is 0 Å². The van der Waals surface area contributed by atoms with Gasteiger partial charge in [0.25, 0.3) is 5.91 Å². The van der Waals surface area contributed by atoms with Crippen LogP contribution in [-0.4, -0.2) is 11.8 Å². The number of rotatable bonds is 3. The molecule has 2 N–H and O–H groups in total. The fourth-order valence-electron chi connectivity index (χ4n) is 3.16. The van der Waals surface area contributed by atoms with E-state index in [-0.39, 0.29) is 17.4 Å². The number of carbonyl (C=O) groups is 2. The minimum absolute atomic E-state index is 0.0780. The Morgan fingerprint density at radius 1 is 1.11 bits per heavy atom. The van der Waals surface area contributed by atoms with E-state index in [1.54, 1.807) is 24.3 Å². The number of anilines is 2. The van der Waals surface area contributed by atoms with Gasteiger partial charge in [-0.2, -0.15) is 0 Å². The highest BCUT2D eigenvalue weighted by atomic mass is 32.1. The van der Waals surface area contributed by atoms with Gasteiger partial charge in [0.1, 0.15) is 11.6 Å². The van der Waals surface area contributed by atoms with E-state index >= 15 is 0 Å². The van der Waals surface area contributed by atoms with E-state index in [0.29, 0.717) is 23.4 Å². The van der Waals surface area contributed by atoms with Crippen LogP contribution in [0, 0.1) is 18.6 Å². The molecule has 0 fully saturated rings. The van der Waals surface area contributed by atoms with Crippen molar-refractivity contribution in [1.29, 1.82) is 0 Å². The largest absolute Gasteiger partial charge is 0.326 e. The molecule has 0 saturated carbocycles. The minimum Gasteiger partial charge on any atom is -0.326 e. The van der Waals surface area contributed by atoms with Crippen molar-refractivity contribution >= 4 is 34.5 Å². The lowest BCUT2D eigenvalue weighted by atomic mass is 10.0. The molecule has 0 bridgehead atoms. The molecule has 1 aromatic heterocycles. The molecule has 0 atom stereocenters. The van der Waals surface area contributed by atoms with Crippen LogP contribution >= 0.6 is 11.3 Å². The number of thiophene rings is 1. The lowest BCUT2D eigenvalue weighted by molar-refractivity contribution is -0.116. The van der Waals surface area contributed by atoms with Gasteiger partial charge in [0.2, 0.25) is 5.91 Å². The number of nitrogens with one attached hydrogen (secondary N) is 2. The van der Waals surface area contributed by atoms with Gasteiger partial charge < -0.3 is 10.6 Å². The number of hydrogen-bond acceptors (Lipinski definition) is 3. The molecule has 0 radical (unpaired) electrons. The highest BCUT2D eigenvalue weighted by Crippen LogP contribution is 2.34. The molecule has 2 heterocycles. The Hall–Kier alpha value is -3.06. The highest BCUT2D eigenvalue weighted by molar-refractivity contribution is 7.17. The van der Waals surface area contributed by atoms with Gasteiger partial charge in [-0.05, 0) is 60.4 Å². The third kappa shape index (κ3) is 3.53. The molecule has 2 aromatic carbocycles. The molecule has 0 aliphatic carbocycles. The van der Waals surface area contributed by atoms with E-state index in [0.717, 1.165) is 21.6 Å². The zero-order chi connectivity index (χ0) is 19.8. The Labute approximate surface area is 164 Å². The van der Waals surface area contributed by atoms with Crippen LogP contribution in [0.25, 0.3) is 10.4 Å². The van der Waals surface area contributed by atoms with Crippen molar-refractivity contribution in [3.63, 3.8) is 0 Å². The third-order valence-corrected chi connectivity index (χ3v) is 5.87. The number of amides is 2. The number of hydrogen-bond donors (Lipinski definition) is 2. The van der Waals surface area contributed by atoms with Crippen molar-refractivity contribution in [3.8, 4) is 10.4 Å². The summed E-state index contributed by atoms with van der Waals surface area (Å²) in [6, 6.07) is 10.6.